The largest absolute Gasteiger partial charge is 0.435 e. The molecule has 1 aromatic carbocycles. The fraction of sp³-hybridized carbons (Fsp3) is 0.538. The predicted molar refractivity (Wildman–Crippen MR) is 63.6 cm³/mol. The first kappa shape index (κ1) is 12.1. The van der Waals surface area contributed by atoms with Gasteiger partial charge in [-0.05, 0) is 25.0 Å². The molecule has 94 valence electrons. The Morgan fingerprint density at radius 1 is 1.18 bits per heavy atom. The Bertz CT molecular complexity index is 351. The van der Waals surface area contributed by atoms with Crippen molar-refractivity contribution in [2.24, 2.45) is 0 Å². The van der Waals surface area contributed by atoms with Crippen LogP contribution in [-0.2, 0) is 0 Å². The summed E-state index contributed by atoms with van der Waals surface area (Å²) in [5.74, 6) is 0.209. The summed E-state index contributed by atoms with van der Waals surface area (Å²) in [5, 5.41) is 3.37. The fourth-order valence-corrected chi connectivity index (χ4v) is 2.24. The average molecular weight is 241 g/mol. The van der Waals surface area contributed by atoms with Crippen LogP contribution < -0.4 is 10.1 Å². The van der Waals surface area contributed by atoms with Gasteiger partial charge in [0.05, 0.1) is 0 Å². The van der Waals surface area contributed by atoms with Crippen molar-refractivity contribution in [3.05, 3.63) is 24.3 Å². The van der Waals surface area contributed by atoms with Crippen LogP contribution in [0.1, 0.15) is 32.1 Å². The van der Waals surface area contributed by atoms with E-state index in [0.717, 1.165) is 18.5 Å². The summed E-state index contributed by atoms with van der Waals surface area (Å²) in [6.45, 7) is -2.76. The molecule has 2 nitrogen and oxygen atoms in total. The molecule has 0 spiro atoms. The minimum atomic E-state index is -2.76. The molecule has 0 heterocycles. The van der Waals surface area contributed by atoms with Crippen LogP contribution in [0.5, 0.6) is 5.75 Å². The summed E-state index contributed by atoms with van der Waals surface area (Å²) < 4.78 is 28.5. The molecule has 1 aromatic rings. The maximum absolute atomic E-state index is 12.1. The highest BCUT2D eigenvalue weighted by atomic mass is 19.3. The predicted octanol–water partition coefficient (Wildman–Crippen LogP) is 4.03. The number of hydrogen-bond acceptors (Lipinski definition) is 2. The SMILES string of the molecule is FC(F)Oc1cccc(NC2CCCCC2)c1. The van der Waals surface area contributed by atoms with Gasteiger partial charge in [0.2, 0.25) is 0 Å². The molecule has 0 bridgehead atoms. The lowest BCUT2D eigenvalue weighted by Crippen LogP contribution is -2.22. The Hall–Kier alpha value is -1.32. The van der Waals surface area contributed by atoms with E-state index in [2.05, 4.69) is 10.1 Å². The Labute approximate surface area is 100.0 Å². The minimum Gasteiger partial charge on any atom is -0.435 e. The second-order valence-electron chi connectivity index (χ2n) is 4.39. The molecule has 0 unspecified atom stereocenters. The Morgan fingerprint density at radius 2 is 1.94 bits per heavy atom. The van der Waals surface area contributed by atoms with Crippen LogP contribution in [0.3, 0.4) is 0 Å². The zero-order valence-corrected chi connectivity index (χ0v) is 9.66. The van der Waals surface area contributed by atoms with Crippen molar-refractivity contribution in [2.75, 3.05) is 5.32 Å². The summed E-state index contributed by atoms with van der Waals surface area (Å²) >= 11 is 0. The van der Waals surface area contributed by atoms with Gasteiger partial charge in [0, 0.05) is 17.8 Å². The molecule has 0 amide bonds. The fourth-order valence-electron chi connectivity index (χ4n) is 2.24. The maximum Gasteiger partial charge on any atom is 0.387 e. The monoisotopic (exact) mass is 241 g/mol. The number of rotatable bonds is 4. The van der Waals surface area contributed by atoms with Gasteiger partial charge in [-0.15, -0.1) is 0 Å². The van der Waals surface area contributed by atoms with Crippen LogP contribution in [0.2, 0.25) is 0 Å². The number of anilines is 1. The Morgan fingerprint density at radius 3 is 2.65 bits per heavy atom. The van der Waals surface area contributed by atoms with Gasteiger partial charge in [0.1, 0.15) is 5.75 Å². The summed E-state index contributed by atoms with van der Waals surface area (Å²) in [7, 11) is 0. The number of alkyl halides is 2. The van der Waals surface area contributed by atoms with Crippen molar-refractivity contribution in [2.45, 2.75) is 44.8 Å². The van der Waals surface area contributed by atoms with E-state index < -0.39 is 6.61 Å². The first-order valence-electron chi connectivity index (χ1n) is 6.05. The summed E-state index contributed by atoms with van der Waals surface area (Å²) in [6.07, 6.45) is 6.09. The smallest absolute Gasteiger partial charge is 0.387 e. The minimum absolute atomic E-state index is 0.209. The highest BCUT2D eigenvalue weighted by molar-refractivity contribution is 5.48. The first-order chi connectivity index (χ1) is 8.24. The molecule has 2 rings (SSSR count). The van der Waals surface area contributed by atoms with E-state index in [9.17, 15) is 8.78 Å². The van der Waals surface area contributed by atoms with Crippen LogP contribution in [0.15, 0.2) is 24.3 Å². The van der Waals surface area contributed by atoms with Gasteiger partial charge in [0.15, 0.2) is 0 Å². The van der Waals surface area contributed by atoms with E-state index in [1.807, 2.05) is 6.07 Å². The molecule has 1 fully saturated rings. The maximum atomic E-state index is 12.1. The van der Waals surface area contributed by atoms with E-state index in [4.69, 9.17) is 0 Å². The third-order valence-electron chi connectivity index (χ3n) is 3.04. The van der Waals surface area contributed by atoms with Gasteiger partial charge < -0.3 is 10.1 Å². The molecular weight excluding hydrogens is 224 g/mol. The molecule has 1 aliphatic rings. The number of ether oxygens (including phenoxy) is 1. The van der Waals surface area contributed by atoms with Gasteiger partial charge in [0.25, 0.3) is 0 Å². The van der Waals surface area contributed by atoms with E-state index in [1.165, 1.54) is 25.3 Å². The quantitative estimate of drug-likeness (QED) is 0.859. The second kappa shape index (κ2) is 5.84. The van der Waals surface area contributed by atoms with Crippen molar-refractivity contribution in [1.29, 1.82) is 0 Å². The van der Waals surface area contributed by atoms with Crippen LogP contribution in [0.25, 0.3) is 0 Å². The third-order valence-corrected chi connectivity index (χ3v) is 3.04. The highest BCUT2D eigenvalue weighted by Crippen LogP contribution is 2.24. The van der Waals surface area contributed by atoms with Crippen LogP contribution in [0.4, 0.5) is 14.5 Å². The molecule has 1 aliphatic carbocycles. The van der Waals surface area contributed by atoms with Gasteiger partial charge >= 0.3 is 6.61 Å². The van der Waals surface area contributed by atoms with Gasteiger partial charge in [-0.3, -0.25) is 0 Å². The van der Waals surface area contributed by atoms with Gasteiger partial charge in [-0.1, -0.05) is 25.3 Å². The molecule has 0 atom stereocenters. The molecule has 1 saturated carbocycles. The number of halogens is 2. The molecule has 0 aliphatic heterocycles. The Balaban J connectivity index is 1.95. The number of benzene rings is 1. The van der Waals surface area contributed by atoms with Crippen molar-refractivity contribution in [3.63, 3.8) is 0 Å². The zero-order chi connectivity index (χ0) is 12.1. The highest BCUT2D eigenvalue weighted by Gasteiger charge is 2.13. The average Bonchev–Trinajstić information content (AvgIpc) is 2.30. The summed E-state index contributed by atoms with van der Waals surface area (Å²) in [5.41, 5.74) is 0.857. The zero-order valence-electron chi connectivity index (χ0n) is 9.66. The topological polar surface area (TPSA) is 21.3 Å². The lowest BCUT2D eigenvalue weighted by molar-refractivity contribution is -0.0498. The third kappa shape index (κ3) is 3.88. The second-order valence-corrected chi connectivity index (χ2v) is 4.39. The summed E-state index contributed by atoms with van der Waals surface area (Å²) in [6, 6.07) is 7.24. The van der Waals surface area contributed by atoms with Crippen molar-refractivity contribution < 1.29 is 13.5 Å². The molecule has 0 aromatic heterocycles. The summed E-state index contributed by atoms with van der Waals surface area (Å²) in [4.78, 5) is 0. The standard InChI is InChI=1S/C13H17F2NO/c14-13(15)17-12-8-4-7-11(9-12)16-10-5-2-1-3-6-10/h4,7-10,13,16H,1-3,5-6H2. The van der Waals surface area contributed by atoms with Crippen LogP contribution >= 0.6 is 0 Å². The Kier molecular flexibility index (Phi) is 4.18. The molecular formula is C13H17F2NO. The van der Waals surface area contributed by atoms with Gasteiger partial charge in [-0.2, -0.15) is 8.78 Å². The molecule has 0 saturated heterocycles. The van der Waals surface area contributed by atoms with Crippen molar-refractivity contribution >= 4 is 5.69 Å². The molecule has 0 radical (unpaired) electrons. The van der Waals surface area contributed by atoms with E-state index in [0.29, 0.717) is 6.04 Å². The number of nitrogens with one attached hydrogen (secondary N) is 1. The number of hydrogen-bond donors (Lipinski definition) is 1. The van der Waals surface area contributed by atoms with E-state index >= 15 is 0 Å². The normalized spacial score (nSPS) is 17.1. The van der Waals surface area contributed by atoms with Crippen LogP contribution in [-0.4, -0.2) is 12.7 Å². The van der Waals surface area contributed by atoms with Crippen molar-refractivity contribution in [3.8, 4) is 5.75 Å². The van der Waals surface area contributed by atoms with E-state index in [-0.39, 0.29) is 5.75 Å². The van der Waals surface area contributed by atoms with E-state index in [1.54, 1.807) is 12.1 Å². The van der Waals surface area contributed by atoms with Crippen LogP contribution in [0, 0.1) is 0 Å². The molecule has 17 heavy (non-hydrogen) atoms. The first-order valence-corrected chi connectivity index (χ1v) is 6.05. The molecule has 1 N–H and O–H groups in total. The van der Waals surface area contributed by atoms with Gasteiger partial charge in [-0.25, -0.2) is 0 Å². The van der Waals surface area contributed by atoms with Crippen molar-refractivity contribution in [1.82, 2.24) is 0 Å². The lowest BCUT2D eigenvalue weighted by atomic mass is 9.95. The molecule has 4 heteroatoms. The lowest BCUT2D eigenvalue weighted by Gasteiger charge is -2.24.